The van der Waals surface area contributed by atoms with E-state index >= 15 is 0 Å². The Bertz CT molecular complexity index is 1410. The van der Waals surface area contributed by atoms with Crippen LogP contribution in [0.4, 0.5) is 4.39 Å². The van der Waals surface area contributed by atoms with E-state index in [1.54, 1.807) is 18.2 Å². The number of nitrogens with zero attached hydrogens (tertiary/aromatic N) is 2. The second-order valence-corrected chi connectivity index (χ2v) is 14.2. The normalized spacial score (nSPS) is 16.7. The molecule has 7 heteroatoms. The van der Waals surface area contributed by atoms with E-state index in [1.165, 1.54) is 16.8 Å². The molecule has 2 heterocycles. The Hall–Kier alpha value is -3.26. The molecule has 1 saturated heterocycles. The van der Waals surface area contributed by atoms with E-state index < -0.39 is 16.5 Å². The number of halogens is 1. The number of hydrogen-bond donors (Lipinski definition) is 0. The van der Waals surface area contributed by atoms with E-state index in [1.807, 2.05) is 36.4 Å². The van der Waals surface area contributed by atoms with E-state index in [9.17, 15) is 9.18 Å². The minimum absolute atomic E-state index is 0.192. The Labute approximate surface area is 231 Å². The fourth-order valence-corrected chi connectivity index (χ4v) is 8.80. The van der Waals surface area contributed by atoms with Crippen LogP contribution >= 0.6 is 10.3 Å². The van der Waals surface area contributed by atoms with Crippen LogP contribution in [0.25, 0.3) is 11.1 Å². The van der Waals surface area contributed by atoms with Crippen molar-refractivity contribution in [3.8, 4) is 11.1 Å². The van der Waals surface area contributed by atoms with Gasteiger partial charge in [-0.3, -0.25) is 4.79 Å². The van der Waals surface area contributed by atoms with Gasteiger partial charge in [0.1, 0.15) is 12.4 Å². The maximum atomic E-state index is 13.7. The van der Waals surface area contributed by atoms with E-state index in [0.29, 0.717) is 29.8 Å². The first kappa shape index (κ1) is 27.3. The topological polar surface area (TPSA) is 53.4 Å². The van der Waals surface area contributed by atoms with Crippen molar-refractivity contribution < 1.29 is 13.3 Å². The molecular weight excluding hydrogens is 511 g/mol. The predicted octanol–water partition coefficient (Wildman–Crippen LogP) is 7.90. The second kappa shape index (κ2) is 11.5. The molecule has 0 aliphatic carbocycles. The molecule has 0 saturated carbocycles. The second-order valence-electron chi connectivity index (χ2n) is 10.7. The van der Waals surface area contributed by atoms with Crippen LogP contribution in [-0.4, -0.2) is 21.1 Å². The molecule has 1 aliphatic heterocycles. The molecule has 5 nitrogen and oxygen atoms in total. The smallest absolute Gasteiger partial charge is 0.277 e. The SMILES string of the molecule is CC(C)(C)S(OCc1cc(-c2ccc(F)cc2)c(=O)n(C2CCCCO2)n1)(c1ccccc1)c1ccccc1. The molecule has 204 valence electrons. The van der Waals surface area contributed by atoms with Crippen LogP contribution in [0.2, 0.25) is 0 Å². The van der Waals surface area contributed by atoms with Crippen molar-refractivity contribution >= 4 is 10.3 Å². The van der Waals surface area contributed by atoms with Gasteiger partial charge in [0, 0.05) is 21.1 Å². The lowest BCUT2D eigenvalue weighted by Gasteiger charge is -2.50. The van der Waals surface area contributed by atoms with Gasteiger partial charge in [-0.05, 0) is 88.1 Å². The minimum Gasteiger partial charge on any atom is -0.356 e. The quantitative estimate of drug-likeness (QED) is 0.236. The number of aromatic nitrogens is 2. The molecule has 3 aromatic carbocycles. The molecule has 1 aliphatic rings. The molecule has 0 bridgehead atoms. The van der Waals surface area contributed by atoms with E-state index in [2.05, 4.69) is 45.0 Å². The largest absolute Gasteiger partial charge is 0.356 e. The average Bonchev–Trinajstić information content (AvgIpc) is 2.95. The summed E-state index contributed by atoms with van der Waals surface area (Å²) in [5.74, 6) is -0.350. The van der Waals surface area contributed by atoms with Gasteiger partial charge < -0.3 is 8.92 Å². The van der Waals surface area contributed by atoms with Gasteiger partial charge in [0.2, 0.25) is 0 Å². The summed E-state index contributed by atoms with van der Waals surface area (Å²) in [6.45, 7) is 7.39. The minimum atomic E-state index is -2.01. The Morgan fingerprint density at radius 3 is 2.10 bits per heavy atom. The fourth-order valence-electron chi connectivity index (χ4n) is 5.11. The first-order chi connectivity index (χ1) is 18.8. The summed E-state index contributed by atoms with van der Waals surface area (Å²) in [4.78, 5) is 15.8. The van der Waals surface area contributed by atoms with Crippen LogP contribution in [0.3, 0.4) is 0 Å². The predicted molar refractivity (Wildman–Crippen MR) is 154 cm³/mol. The van der Waals surface area contributed by atoms with Crippen LogP contribution in [0.1, 0.15) is 52.0 Å². The van der Waals surface area contributed by atoms with Gasteiger partial charge in [0.15, 0.2) is 6.23 Å². The first-order valence-corrected chi connectivity index (χ1v) is 14.9. The summed E-state index contributed by atoms with van der Waals surface area (Å²) in [5.41, 5.74) is 1.46. The summed E-state index contributed by atoms with van der Waals surface area (Å²) in [5, 5.41) is 4.77. The highest BCUT2D eigenvalue weighted by atomic mass is 32.3. The zero-order valence-electron chi connectivity index (χ0n) is 22.7. The molecular formula is C32H35FN2O3S. The Balaban J connectivity index is 1.62. The highest BCUT2D eigenvalue weighted by molar-refractivity contribution is 8.31. The third-order valence-corrected chi connectivity index (χ3v) is 11.0. The summed E-state index contributed by atoms with van der Waals surface area (Å²) in [6, 6.07) is 28.5. The van der Waals surface area contributed by atoms with Gasteiger partial charge in [0.25, 0.3) is 5.56 Å². The van der Waals surface area contributed by atoms with Crippen molar-refractivity contribution in [3.05, 3.63) is 113 Å². The fraction of sp³-hybridized carbons (Fsp3) is 0.312. The Kier molecular flexibility index (Phi) is 8.03. The zero-order valence-corrected chi connectivity index (χ0v) is 23.5. The summed E-state index contributed by atoms with van der Waals surface area (Å²) in [7, 11) is -2.01. The molecule has 5 rings (SSSR count). The zero-order chi connectivity index (χ0) is 27.5. The summed E-state index contributed by atoms with van der Waals surface area (Å²) >= 11 is 0. The molecule has 1 unspecified atom stereocenters. The highest BCUT2D eigenvalue weighted by Gasteiger charge is 2.41. The van der Waals surface area contributed by atoms with Gasteiger partial charge in [-0.25, -0.2) is 4.39 Å². The number of ether oxygens (including phenoxy) is 1. The van der Waals surface area contributed by atoms with Gasteiger partial charge in [-0.1, -0.05) is 58.8 Å². The van der Waals surface area contributed by atoms with Gasteiger partial charge in [-0.2, -0.15) is 9.78 Å². The average molecular weight is 547 g/mol. The van der Waals surface area contributed by atoms with Crippen molar-refractivity contribution in [3.63, 3.8) is 0 Å². The molecule has 0 radical (unpaired) electrons. The van der Waals surface area contributed by atoms with E-state index in [4.69, 9.17) is 14.0 Å². The highest BCUT2D eigenvalue weighted by Crippen LogP contribution is 2.71. The maximum Gasteiger partial charge on any atom is 0.277 e. The molecule has 1 fully saturated rings. The standard InChI is InChI=1S/C32H35FN2O3S/c1-32(2,3)39(27-12-6-4-7-13-27,28-14-8-5-9-15-28)38-23-26-22-29(24-17-19-25(33)20-18-24)31(36)35(34-26)30-16-10-11-21-37-30/h4-9,12-15,17-20,22,30H,10-11,16,21,23H2,1-3H3. The summed E-state index contributed by atoms with van der Waals surface area (Å²) in [6.07, 6.45) is 2.20. The van der Waals surface area contributed by atoms with E-state index in [-0.39, 0.29) is 22.7 Å². The Morgan fingerprint density at radius 1 is 0.949 bits per heavy atom. The van der Waals surface area contributed by atoms with Crippen LogP contribution in [0, 0.1) is 5.82 Å². The lowest BCUT2D eigenvalue weighted by molar-refractivity contribution is -0.0428. The molecule has 1 atom stereocenters. The molecule has 39 heavy (non-hydrogen) atoms. The van der Waals surface area contributed by atoms with Gasteiger partial charge >= 0.3 is 0 Å². The lowest BCUT2D eigenvalue weighted by Crippen LogP contribution is -2.33. The molecule has 4 aromatic rings. The maximum absolute atomic E-state index is 13.7. The van der Waals surface area contributed by atoms with Crippen LogP contribution in [-0.2, 0) is 15.5 Å². The third-order valence-electron chi connectivity index (χ3n) is 6.97. The van der Waals surface area contributed by atoms with Gasteiger partial charge in [0.05, 0.1) is 11.3 Å². The molecule has 1 aromatic heterocycles. The van der Waals surface area contributed by atoms with Crippen molar-refractivity contribution in [2.75, 3.05) is 6.61 Å². The van der Waals surface area contributed by atoms with Crippen molar-refractivity contribution in [1.29, 1.82) is 0 Å². The van der Waals surface area contributed by atoms with Crippen molar-refractivity contribution in [1.82, 2.24) is 9.78 Å². The lowest BCUT2D eigenvalue weighted by atomic mass is 10.1. The first-order valence-electron chi connectivity index (χ1n) is 13.4. The van der Waals surface area contributed by atoms with Crippen LogP contribution in [0.5, 0.6) is 0 Å². The van der Waals surface area contributed by atoms with E-state index in [0.717, 1.165) is 22.6 Å². The third kappa shape index (κ3) is 5.57. The van der Waals surface area contributed by atoms with Gasteiger partial charge in [-0.15, -0.1) is 0 Å². The molecule has 0 amide bonds. The Morgan fingerprint density at radius 2 is 1.56 bits per heavy atom. The van der Waals surface area contributed by atoms with Crippen molar-refractivity contribution in [2.24, 2.45) is 0 Å². The van der Waals surface area contributed by atoms with Crippen molar-refractivity contribution in [2.45, 2.75) is 67.4 Å². The molecule has 0 spiro atoms. The number of rotatable bonds is 7. The molecule has 0 N–H and O–H groups in total. The monoisotopic (exact) mass is 546 g/mol. The summed E-state index contributed by atoms with van der Waals surface area (Å²) < 4.78 is 27.9. The number of benzene rings is 3. The van der Waals surface area contributed by atoms with Crippen LogP contribution in [0.15, 0.2) is 106 Å². The van der Waals surface area contributed by atoms with Crippen LogP contribution < -0.4 is 5.56 Å². The number of hydrogen-bond acceptors (Lipinski definition) is 4.